The summed E-state index contributed by atoms with van der Waals surface area (Å²) in [5.41, 5.74) is 1.78. The third-order valence-electron chi connectivity index (χ3n) is 3.82. The first kappa shape index (κ1) is 19.1. The van der Waals surface area contributed by atoms with Crippen molar-refractivity contribution in [2.75, 3.05) is 11.9 Å². The van der Waals surface area contributed by atoms with Crippen molar-refractivity contribution in [3.63, 3.8) is 0 Å². The van der Waals surface area contributed by atoms with Crippen LogP contribution in [0.2, 0.25) is 0 Å². The van der Waals surface area contributed by atoms with Crippen LogP contribution in [0.25, 0.3) is 0 Å². The Labute approximate surface area is 163 Å². The molecule has 0 unspecified atom stereocenters. The summed E-state index contributed by atoms with van der Waals surface area (Å²) in [5, 5.41) is 5.12. The minimum Gasteiger partial charge on any atom is -0.477 e. The molecule has 6 nitrogen and oxygen atoms in total. The van der Waals surface area contributed by atoms with Crippen molar-refractivity contribution >= 4 is 22.4 Å². The maximum Gasteiger partial charge on any atom is 0.257 e. The second-order valence-electron chi connectivity index (χ2n) is 6.38. The van der Waals surface area contributed by atoms with E-state index in [1.54, 1.807) is 23.7 Å². The molecule has 0 saturated carbocycles. The van der Waals surface area contributed by atoms with Crippen molar-refractivity contribution in [3.8, 4) is 11.8 Å². The maximum absolute atomic E-state index is 12.5. The molecule has 2 aromatic rings. The minimum atomic E-state index is -0.272. The van der Waals surface area contributed by atoms with Crippen molar-refractivity contribution in [3.05, 3.63) is 53.1 Å². The molecule has 1 N–H and O–H groups in total. The van der Waals surface area contributed by atoms with Crippen molar-refractivity contribution in [1.82, 2.24) is 9.97 Å². The van der Waals surface area contributed by atoms with Gasteiger partial charge in [-0.05, 0) is 26.7 Å². The zero-order valence-electron chi connectivity index (χ0n) is 15.5. The number of hydrogen-bond donors (Lipinski definition) is 1. The van der Waals surface area contributed by atoms with Gasteiger partial charge in [-0.3, -0.25) is 10.1 Å². The number of aromatic nitrogens is 2. The van der Waals surface area contributed by atoms with Crippen LogP contribution in [0.15, 0.2) is 47.5 Å². The highest BCUT2D eigenvalue weighted by Gasteiger charge is 2.14. The highest BCUT2D eigenvalue weighted by atomic mass is 32.1. The van der Waals surface area contributed by atoms with Gasteiger partial charge in [-0.1, -0.05) is 23.8 Å². The summed E-state index contributed by atoms with van der Waals surface area (Å²) in [4.78, 5) is 21.0. The molecule has 0 saturated heterocycles. The van der Waals surface area contributed by atoms with Crippen LogP contribution in [-0.2, 0) is 0 Å². The normalized spacial score (nSPS) is 13.4. The lowest BCUT2D eigenvalue weighted by Gasteiger charge is -2.13. The third-order valence-corrected chi connectivity index (χ3v) is 4.51. The number of ether oxygens (including phenoxy) is 2. The predicted molar refractivity (Wildman–Crippen MR) is 107 cm³/mol. The monoisotopic (exact) mass is 385 g/mol. The van der Waals surface area contributed by atoms with Crippen molar-refractivity contribution < 1.29 is 14.3 Å². The molecule has 0 aliphatic heterocycles. The van der Waals surface area contributed by atoms with Crippen LogP contribution in [0.1, 0.15) is 43.5 Å². The number of rotatable bonds is 8. The molecule has 0 spiro atoms. The van der Waals surface area contributed by atoms with Gasteiger partial charge in [-0.2, -0.15) is 4.98 Å². The van der Waals surface area contributed by atoms with E-state index >= 15 is 0 Å². The summed E-state index contributed by atoms with van der Waals surface area (Å²) in [6, 6.07) is 3.25. The molecular weight excluding hydrogens is 362 g/mol. The highest BCUT2D eigenvalue weighted by molar-refractivity contribution is 7.13. The SMILES string of the molecule is CC(C)Oc1cc(C(=O)Nc2nccs2)cc(OCCC2=CC=CCC2)n1. The molecule has 0 atom stereocenters. The minimum absolute atomic E-state index is 0.0539. The molecule has 2 aromatic heterocycles. The van der Waals surface area contributed by atoms with E-state index in [0.29, 0.717) is 29.1 Å². The van der Waals surface area contributed by atoms with Crippen LogP contribution in [0.3, 0.4) is 0 Å². The Hall–Kier alpha value is -2.67. The van der Waals surface area contributed by atoms with E-state index in [0.717, 1.165) is 19.3 Å². The molecule has 7 heteroatoms. The lowest BCUT2D eigenvalue weighted by atomic mass is 10.0. The van der Waals surface area contributed by atoms with Crippen LogP contribution < -0.4 is 14.8 Å². The van der Waals surface area contributed by atoms with Gasteiger partial charge >= 0.3 is 0 Å². The van der Waals surface area contributed by atoms with E-state index in [9.17, 15) is 4.79 Å². The molecule has 1 amide bonds. The van der Waals surface area contributed by atoms with Crippen molar-refractivity contribution in [1.29, 1.82) is 0 Å². The molecule has 27 heavy (non-hydrogen) atoms. The zero-order valence-corrected chi connectivity index (χ0v) is 16.3. The number of amides is 1. The maximum atomic E-state index is 12.5. The number of nitrogens with zero attached hydrogens (tertiary/aromatic N) is 2. The Balaban J connectivity index is 1.70. The molecule has 0 radical (unpaired) electrons. The quantitative estimate of drug-likeness (QED) is 0.717. The Morgan fingerprint density at radius 3 is 2.89 bits per heavy atom. The van der Waals surface area contributed by atoms with Crippen LogP contribution in [0.5, 0.6) is 11.8 Å². The first-order valence-electron chi connectivity index (χ1n) is 8.97. The smallest absolute Gasteiger partial charge is 0.257 e. The first-order valence-corrected chi connectivity index (χ1v) is 9.85. The number of pyridine rings is 1. The van der Waals surface area contributed by atoms with Crippen LogP contribution in [-0.4, -0.2) is 28.6 Å². The molecule has 0 bridgehead atoms. The van der Waals surface area contributed by atoms with Crippen LogP contribution in [0, 0.1) is 0 Å². The molecule has 0 aromatic carbocycles. The summed E-state index contributed by atoms with van der Waals surface area (Å²) < 4.78 is 11.5. The summed E-state index contributed by atoms with van der Waals surface area (Å²) in [7, 11) is 0. The lowest BCUT2D eigenvalue weighted by Crippen LogP contribution is -2.14. The van der Waals surface area contributed by atoms with Gasteiger partial charge in [0.15, 0.2) is 5.13 Å². The predicted octanol–water partition coefficient (Wildman–Crippen LogP) is 4.62. The Morgan fingerprint density at radius 2 is 2.19 bits per heavy atom. The van der Waals surface area contributed by atoms with Crippen molar-refractivity contribution in [2.45, 2.75) is 39.2 Å². The number of anilines is 1. The second-order valence-corrected chi connectivity index (χ2v) is 7.28. The Morgan fingerprint density at radius 1 is 1.33 bits per heavy atom. The summed E-state index contributed by atoms with van der Waals surface area (Å²) in [5.74, 6) is 0.474. The third kappa shape index (κ3) is 5.92. The number of hydrogen-bond acceptors (Lipinski definition) is 6. The fourth-order valence-corrected chi connectivity index (χ4v) is 3.11. The average molecular weight is 385 g/mol. The number of allylic oxidation sites excluding steroid dienone is 3. The number of carbonyl (C=O) groups is 1. The van der Waals surface area contributed by atoms with E-state index in [1.165, 1.54) is 16.9 Å². The Kier molecular flexibility index (Phi) is 6.59. The fourth-order valence-electron chi connectivity index (χ4n) is 2.59. The van der Waals surface area contributed by atoms with Gasteiger partial charge in [0, 0.05) is 30.1 Å². The molecule has 0 fully saturated rings. The van der Waals surface area contributed by atoms with Gasteiger partial charge in [0.05, 0.1) is 18.3 Å². The van der Waals surface area contributed by atoms with Crippen molar-refractivity contribution in [2.24, 2.45) is 0 Å². The number of carbonyl (C=O) groups excluding carboxylic acids is 1. The molecule has 1 aliphatic rings. The number of thiazole rings is 1. The second kappa shape index (κ2) is 9.32. The molecule has 1 aliphatic carbocycles. The van der Waals surface area contributed by atoms with Gasteiger partial charge < -0.3 is 9.47 Å². The summed E-state index contributed by atoms with van der Waals surface area (Å²) in [6.45, 7) is 4.33. The van der Waals surface area contributed by atoms with E-state index < -0.39 is 0 Å². The van der Waals surface area contributed by atoms with Gasteiger partial charge in [0.2, 0.25) is 11.8 Å². The summed E-state index contributed by atoms with van der Waals surface area (Å²) in [6.07, 6.45) is 10.9. The van der Waals surface area contributed by atoms with Crippen LogP contribution >= 0.6 is 11.3 Å². The zero-order chi connectivity index (χ0) is 19.1. The Bertz CT molecular complexity index is 829. The topological polar surface area (TPSA) is 73.3 Å². The standard InChI is InChI=1S/C20H23N3O3S/c1-14(2)26-18-13-16(19(24)23-20-21-9-11-27-20)12-17(22-18)25-10-8-15-6-4-3-5-7-15/h3-4,6,9,11-14H,5,7-8,10H2,1-2H3,(H,21,23,24). The van der Waals surface area contributed by atoms with E-state index in [-0.39, 0.29) is 12.0 Å². The van der Waals surface area contributed by atoms with E-state index in [4.69, 9.17) is 9.47 Å². The highest BCUT2D eigenvalue weighted by Crippen LogP contribution is 2.22. The lowest BCUT2D eigenvalue weighted by molar-refractivity contribution is 0.102. The van der Waals surface area contributed by atoms with Gasteiger partial charge in [-0.15, -0.1) is 11.3 Å². The molecule has 3 rings (SSSR count). The molecule has 142 valence electrons. The van der Waals surface area contributed by atoms with E-state index in [1.807, 2.05) is 13.8 Å². The summed E-state index contributed by atoms with van der Waals surface area (Å²) >= 11 is 1.36. The van der Waals surface area contributed by atoms with Gasteiger partial charge in [0.25, 0.3) is 5.91 Å². The van der Waals surface area contributed by atoms with Gasteiger partial charge in [0.1, 0.15) is 0 Å². The molecular formula is C20H23N3O3S. The number of nitrogens with one attached hydrogen (secondary N) is 1. The van der Waals surface area contributed by atoms with E-state index in [2.05, 4.69) is 33.5 Å². The first-order chi connectivity index (χ1) is 13.1. The van der Waals surface area contributed by atoms with Crippen LogP contribution in [0.4, 0.5) is 5.13 Å². The fraction of sp³-hybridized carbons (Fsp3) is 0.350. The average Bonchev–Trinajstić information content (AvgIpc) is 3.15. The van der Waals surface area contributed by atoms with Gasteiger partial charge in [-0.25, -0.2) is 4.98 Å². The molecule has 2 heterocycles. The largest absolute Gasteiger partial charge is 0.477 e.